The first kappa shape index (κ1) is 38.1. The third kappa shape index (κ3) is 31.4. The van der Waals surface area contributed by atoms with Gasteiger partial charge in [-0.15, -0.1) is 0 Å². The maximum atomic E-state index is 9.71. The zero-order chi connectivity index (χ0) is 22.3. The molecule has 29 heavy (non-hydrogen) atoms. The monoisotopic (exact) mass is 623 g/mol. The van der Waals surface area contributed by atoms with E-state index in [1.54, 1.807) is 0 Å². The van der Waals surface area contributed by atoms with Crippen molar-refractivity contribution in [2.24, 2.45) is 17.2 Å². The summed E-state index contributed by atoms with van der Waals surface area (Å²) in [5.41, 5.74) is 14.2. The molecule has 0 fully saturated rings. The zero-order valence-electron chi connectivity index (χ0n) is 14.6. The third-order valence-electron chi connectivity index (χ3n) is 2.07. The molecule has 0 aromatic heterocycles. The summed E-state index contributed by atoms with van der Waals surface area (Å²) in [5.74, 6) is -9.23. The number of aliphatic carboxylic acids is 6. The van der Waals surface area contributed by atoms with Gasteiger partial charge in [0.05, 0.1) is 17.9 Å². The molecule has 0 saturated heterocycles. The molecule has 0 aliphatic rings. The second-order valence-electron chi connectivity index (χ2n) is 4.50. The molecule has 0 bridgehead atoms. The van der Waals surface area contributed by atoms with Gasteiger partial charge in [0.25, 0.3) is 0 Å². The molecule has 0 heterocycles. The summed E-state index contributed by atoms with van der Waals surface area (Å²) in [4.78, 5) is 58.0. The van der Waals surface area contributed by atoms with E-state index in [0.717, 1.165) is 0 Å². The fraction of sp³-hybridized carbons (Fsp3) is 0.500. The van der Waals surface area contributed by atoms with Crippen molar-refractivity contribution in [3.63, 3.8) is 0 Å². The van der Waals surface area contributed by atoms with Crippen molar-refractivity contribution in [1.82, 2.24) is 0 Å². The number of carbonyl (C=O) groups excluding carboxylic acids is 6. The average Bonchev–Trinajstić information content (AvgIpc) is 2.46. The van der Waals surface area contributed by atoms with Crippen molar-refractivity contribution in [3.8, 4) is 0 Å². The molecular weight excluding hydrogens is 608 g/mol. The average molecular weight is 623 g/mol. The van der Waals surface area contributed by atoms with Crippen LogP contribution in [0.2, 0.25) is 0 Å². The minimum atomic E-state index is -1.58. The van der Waals surface area contributed by atoms with Crippen LogP contribution in [0.1, 0.15) is 19.3 Å². The second-order valence-corrected chi connectivity index (χ2v) is 4.50. The van der Waals surface area contributed by atoms with Crippen molar-refractivity contribution < 1.29 is 59.4 Å². The SMILES string of the molecule is N[C@@H](CC(=O)[O-])C(=O)[O-].N[C@@H](CC(=O)[O-])C(=O)[O-].N[C@@H](CC(=O)[O-])C(=O)[O-].[In+3].[In+3]. The molecule has 156 valence electrons. The van der Waals surface area contributed by atoms with Gasteiger partial charge in [0.15, 0.2) is 0 Å². The van der Waals surface area contributed by atoms with Crippen molar-refractivity contribution in [2.45, 2.75) is 37.4 Å². The van der Waals surface area contributed by atoms with E-state index in [2.05, 4.69) is 0 Å². The summed E-state index contributed by atoms with van der Waals surface area (Å²) in [6.45, 7) is 0. The Balaban J connectivity index is -0.0000000960. The van der Waals surface area contributed by atoms with Crippen LogP contribution >= 0.6 is 0 Å². The molecule has 3 atom stereocenters. The molecule has 15 nitrogen and oxygen atoms in total. The van der Waals surface area contributed by atoms with Crippen LogP contribution in [0.4, 0.5) is 0 Å². The van der Waals surface area contributed by atoms with E-state index in [9.17, 15) is 59.4 Å². The fourth-order valence-corrected chi connectivity index (χ4v) is 0.789. The molecule has 17 heteroatoms. The molecular formula is C12H15In2N3O12. The van der Waals surface area contributed by atoms with Gasteiger partial charge in [0.1, 0.15) is 0 Å². The van der Waals surface area contributed by atoms with E-state index < -0.39 is 73.2 Å². The topological polar surface area (TPSA) is 319 Å². The van der Waals surface area contributed by atoms with Gasteiger partial charge in [-0.1, -0.05) is 0 Å². The van der Waals surface area contributed by atoms with E-state index >= 15 is 0 Å². The summed E-state index contributed by atoms with van der Waals surface area (Å²) in [5, 5.41) is 58.0. The van der Waals surface area contributed by atoms with E-state index in [0.29, 0.717) is 0 Å². The number of carboxylic acids is 6. The molecule has 0 amide bonds. The van der Waals surface area contributed by atoms with Crippen LogP contribution in [0.25, 0.3) is 0 Å². The Morgan fingerprint density at radius 3 is 0.655 bits per heavy atom. The normalized spacial score (nSPS) is 11.7. The number of carboxylic acid groups (broad SMARTS) is 6. The van der Waals surface area contributed by atoms with Crippen LogP contribution in [0.5, 0.6) is 0 Å². The maximum Gasteiger partial charge on any atom is 3.00 e. The maximum absolute atomic E-state index is 9.71. The molecule has 0 aromatic carbocycles. The Labute approximate surface area is 200 Å². The molecule has 0 aliphatic heterocycles. The van der Waals surface area contributed by atoms with Gasteiger partial charge in [0.2, 0.25) is 0 Å². The number of hydrogen-bond donors (Lipinski definition) is 3. The van der Waals surface area contributed by atoms with Crippen LogP contribution < -0.4 is 47.8 Å². The Hall–Kier alpha value is -1.56. The van der Waals surface area contributed by atoms with E-state index in [-0.39, 0.29) is 51.7 Å². The largest absolute Gasteiger partial charge is 3.00 e. The number of nitrogens with two attached hydrogens (primary N) is 3. The second kappa shape index (κ2) is 21.2. The molecule has 0 aromatic rings. The quantitative estimate of drug-likeness (QED) is 0.215. The molecule has 0 spiro atoms. The fourth-order valence-electron chi connectivity index (χ4n) is 0.789. The van der Waals surface area contributed by atoms with Crippen molar-refractivity contribution >= 4 is 87.5 Å². The molecule has 6 N–H and O–H groups in total. The third-order valence-corrected chi connectivity index (χ3v) is 2.07. The van der Waals surface area contributed by atoms with Gasteiger partial charge >= 0.3 is 51.7 Å². The van der Waals surface area contributed by atoms with Gasteiger partial charge in [0, 0.05) is 55.3 Å². The first-order valence-corrected chi connectivity index (χ1v) is 6.60. The Kier molecular flexibility index (Phi) is 27.8. The summed E-state index contributed by atoms with van der Waals surface area (Å²) in [6.07, 6.45) is -2.12. The van der Waals surface area contributed by atoms with E-state index in [1.165, 1.54) is 0 Å². The van der Waals surface area contributed by atoms with Crippen LogP contribution in [0.3, 0.4) is 0 Å². The van der Waals surface area contributed by atoms with Gasteiger partial charge in [-0.2, -0.15) is 0 Å². The zero-order valence-corrected chi connectivity index (χ0v) is 21.2. The minimum absolute atomic E-state index is 0. The van der Waals surface area contributed by atoms with Crippen LogP contribution in [0.15, 0.2) is 0 Å². The predicted molar refractivity (Wildman–Crippen MR) is 79.3 cm³/mol. The van der Waals surface area contributed by atoms with E-state index in [1.807, 2.05) is 0 Å². The smallest absolute Gasteiger partial charge is 0.550 e. The first-order chi connectivity index (χ1) is 12.1. The van der Waals surface area contributed by atoms with Gasteiger partial charge < -0.3 is 76.6 Å². The first-order valence-electron chi connectivity index (χ1n) is 6.60. The minimum Gasteiger partial charge on any atom is -0.550 e. The van der Waals surface area contributed by atoms with Crippen LogP contribution in [-0.2, 0) is 28.8 Å². The Morgan fingerprint density at radius 1 is 0.483 bits per heavy atom. The number of carbonyl (C=O) groups is 6. The van der Waals surface area contributed by atoms with Gasteiger partial charge in [-0.05, 0) is 0 Å². The van der Waals surface area contributed by atoms with Crippen molar-refractivity contribution in [1.29, 1.82) is 0 Å². The predicted octanol–water partition coefficient (Wildman–Crippen LogP) is -12.2. The summed E-state index contributed by atoms with van der Waals surface area (Å²) < 4.78 is 0. The van der Waals surface area contributed by atoms with Crippen molar-refractivity contribution in [3.05, 3.63) is 0 Å². The Morgan fingerprint density at radius 2 is 0.621 bits per heavy atom. The van der Waals surface area contributed by atoms with Crippen molar-refractivity contribution in [2.75, 3.05) is 0 Å². The number of rotatable bonds is 9. The summed E-state index contributed by atoms with van der Waals surface area (Å²) in [6, 6.07) is -4.39. The van der Waals surface area contributed by atoms with Crippen LogP contribution in [-0.4, -0.2) is 106 Å². The standard InChI is InChI=1S/3C4H7NO4.2In/c3*5-2(4(8)9)1-3(6)7;;/h3*2H,1,5H2,(H,6,7)(H,8,9);;/q;;;2*+3/p-6/t3*2-;;/m000../s1. The van der Waals surface area contributed by atoms with Gasteiger partial charge in [-0.25, -0.2) is 0 Å². The van der Waals surface area contributed by atoms with Gasteiger partial charge in [-0.3, -0.25) is 0 Å². The molecule has 0 aliphatic carbocycles. The molecule has 0 saturated carbocycles. The molecule has 0 rings (SSSR count). The Bertz CT molecular complexity index is 484. The number of hydrogen-bond acceptors (Lipinski definition) is 15. The van der Waals surface area contributed by atoms with Crippen LogP contribution in [0, 0.1) is 0 Å². The molecule has 0 unspecified atom stereocenters. The molecule has 0 radical (unpaired) electrons. The summed E-state index contributed by atoms with van der Waals surface area (Å²) >= 11 is 0. The summed E-state index contributed by atoms with van der Waals surface area (Å²) in [7, 11) is 0. The van der Waals surface area contributed by atoms with E-state index in [4.69, 9.17) is 17.2 Å².